The van der Waals surface area contributed by atoms with Gasteiger partial charge >= 0.3 is 0 Å². The maximum absolute atomic E-state index is 13.3. The fraction of sp³-hybridized carbons (Fsp3) is 0. The molecular weight excluding hydrogens is 311 g/mol. The summed E-state index contributed by atoms with van der Waals surface area (Å²) in [5, 5.41) is 0.726. The van der Waals surface area contributed by atoms with Gasteiger partial charge in [0.15, 0.2) is 11.3 Å². The van der Waals surface area contributed by atoms with Crippen LogP contribution in [-0.2, 0) is 0 Å². The molecule has 0 aliphatic rings. The van der Waals surface area contributed by atoms with E-state index in [9.17, 15) is 4.39 Å². The average Bonchev–Trinajstić information content (AvgIpc) is 2.73. The van der Waals surface area contributed by atoms with Gasteiger partial charge in [-0.2, -0.15) is 0 Å². The van der Waals surface area contributed by atoms with Crippen LogP contribution in [0.1, 0.15) is 0 Å². The molecule has 0 aliphatic carbocycles. The average molecular weight is 317 g/mol. The molecule has 0 radical (unpaired) electrons. The Morgan fingerprint density at radius 2 is 2.05 bits per heavy atom. The first-order chi connectivity index (χ1) is 9.20. The zero-order valence-corrected chi connectivity index (χ0v) is 11.1. The van der Waals surface area contributed by atoms with Crippen molar-refractivity contribution in [3.63, 3.8) is 0 Å². The lowest BCUT2D eigenvalue weighted by Gasteiger charge is -1.97. The Kier molecular flexibility index (Phi) is 2.11. The number of hydrogen-bond donors (Lipinski definition) is 1. The molecule has 19 heavy (non-hydrogen) atoms. The zero-order chi connectivity index (χ0) is 13.0. The number of halogens is 2. The first kappa shape index (κ1) is 10.8. The van der Waals surface area contributed by atoms with Crippen molar-refractivity contribution in [2.45, 2.75) is 0 Å². The van der Waals surface area contributed by atoms with Gasteiger partial charge in [0.25, 0.3) is 0 Å². The van der Waals surface area contributed by atoms with E-state index >= 15 is 0 Å². The van der Waals surface area contributed by atoms with E-state index in [1.165, 1.54) is 12.1 Å². The van der Waals surface area contributed by atoms with Crippen LogP contribution < -0.4 is 0 Å². The van der Waals surface area contributed by atoms with E-state index < -0.39 is 0 Å². The molecule has 0 aliphatic heterocycles. The summed E-state index contributed by atoms with van der Waals surface area (Å²) in [6, 6.07) is 6.39. The molecule has 4 rings (SSSR count). The minimum absolute atomic E-state index is 0.289. The molecule has 0 saturated heterocycles. The minimum atomic E-state index is -0.289. The van der Waals surface area contributed by atoms with Gasteiger partial charge < -0.3 is 4.98 Å². The molecule has 0 spiro atoms. The van der Waals surface area contributed by atoms with Crippen molar-refractivity contribution in [2.75, 3.05) is 0 Å². The van der Waals surface area contributed by atoms with Crippen LogP contribution in [0.4, 0.5) is 4.39 Å². The molecule has 0 saturated carbocycles. The number of H-pyrrole nitrogens is 1. The lowest BCUT2D eigenvalue weighted by Crippen LogP contribution is -1.88. The normalized spacial score (nSPS) is 11.7. The SMILES string of the molecule is Fc1ccc2[nH]c3nc4ncc(Br)cc4nc3c2c1. The van der Waals surface area contributed by atoms with Crippen molar-refractivity contribution in [3.8, 4) is 0 Å². The fourth-order valence-corrected chi connectivity index (χ4v) is 2.47. The Labute approximate surface area is 114 Å². The highest BCUT2D eigenvalue weighted by molar-refractivity contribution is 9.10. The van der Waals surface area contributed by atoms with Crippen molar-refractivity contribution < 1.29 is 4.39 Å². The first-order valence-corrected chi connectivity index (χ1v) is 6.40. The van der Waals surface area contributed by atoms with Gasteiger partial charge in [0, 0.05) is 21.6 Å². The number of rotatable bonds is 0. The van der Waals surface area contributed by atoms with Gasteiger partial charge in [0.2, 0.25) is 0 Å². The van der Waals surface area contributed by atoms with Gasteiger partial charge in [0.05, 0.1) is 0 Å². The number of pyridine rings is 1. The number of aromatic amines is 1. The number of fused-ring (bicyclic) bond motifs is 4. The molecule has 92 valence electrons. The lowest BCUT2D eigenvalue weighted by molar-refractivity contribution is 0.630. The fourth-order valence-electron chi connectivity index (χ4n) is 2.15. The summed E-state index contributed by atoms with van der Waals surface area (Å²) < 4.78 is 14.2. The van der Waals surface area contributed by atoms with E-state index in [1.807, 2.05) is 6.07 Å². The van der Waals surface area contributed by atoms with Gasteiger partial charge in [-0.25, -0.2) is 19.3 Å². The van der Waals surface area contributed by atoms with E-state index in [2.05, 4.69) is 35.9 Å². The summed E-state index contributed by atoms with van der Waals surface area (Å²) in [6.45, 7) is 0. The van der Waals surface area contributed by atoms with Gasteiger partial charge in [-0.1, -0.05) is 0 Å². The molecule has 1 N–H and O–H groups in total. The Morgan fingerprint density at radius 1 is 1.16 bits per heavy atom. The molecule has 3 heterocycles. The van der Waals surface area contributed by atoms with Crippen molar-refractivity contribution in [3.05, 3.63) is 40.8 Å². The van der Waals surface area contributed by atoms with Crippen LogP contribution in [0.15, 0.2) is 34.9 Å². The van der Waals surface area contributed by atoms with E-state index in [0.29, 0.717) is 22.3 Å². The summed E-state index contributed by atoms with van der Waals surface area (Å²) in [5.41, 5.74) is 3.31. The molecule has 4 aromatic rings. The third-order valence-corrected chi connectivity index (χ3v) is 3.41. The molecule has 0 unspecified atom stereocenters. The molecule has 6 heteroatoms. The third kappa shape index (κ3) is 1.60. The Bertz CT molecular complexity index is 941. The van der Waals surface area contributed by atoms with Crippen LogP contribution in [0, 0.1) is 5.82 Å². The van der Waals surface area contributed by atoms with Crippen LogP contribution in [0.25, 0.3) is 33.2 Å². The number of nitrogens with zero attached hydrogens (tertiary/aromatic N) is 3. The maximum Gasteiger partial charge on any atom is 0.180 e. The summed E-state index contributed by atoms with van der Waals surface area (Å²) in [4.78, 5) is 16.3. The van der Waals surface area contributed by atoms with E-state index in [0.717, 1.165) is 15.4 Å². The van der Waals surface area contributed by atoms with Crippen LogP contribution in [0.2, 0.25) is 0 Å². The van der Waals surface area contributed by atoms with Gasteiger partial charge in [0.1, 0.15) is 16.9 Å². The molecule has 0 bridgehead atoms. The second-order valence-electron chi connectivity index (χ2n) is 4.23. The molecular formula is C13H6BrFN4. The Morgan fingerprint density at radius 3 is 2.95 bits per heavy atom. The first-order valence-electron chi connectivity index (χ1n) is 5.61. The smallest absolute Gasteiger partial charge is 0.180 e. The van der Waals surface area contributed by atoms with Crippen LogP contribution in [0.3, 0.4) is 0 Å². The largest absolute Gasteiger partial charge is 0.338 e. The van der Waals surface area contributed by atoms with Gasteiger partial charge in [-0.3, -0.25) is 0 Å². The number of nitrogens with one attached hydrogen (secondary N) is 1. The van der Waals surface area contributed by atoms with Crippen molar-refractivity contribution in [1.29, 1.82) is 0 Å². The minimum Gasteiger partial charge on any atom is -0.338 e. The highest BCUT2D eigenvalue weighted by atomic mass is 79.9. The van der Waals surface area contributed by atoms with E-state index in [-0.39, 0.29) is 5.82 Å². The lowest BCUT2D eigenvalue weighted by atomic mass is 10.2. The summed E-state index contributed by atoms with van der Waals surface area (Å²) >= 11 is 3.35. The molecule has 4 nitrogen and oxygen atoms in total. The van der Waals surface area contributed by atoms with Gasteiger partial charge in [-0.15, -0.1) is 0 Å². The highest BCUT2D eigenvalue weighted by Crippen LogP contribution is 2.25. The van der Waals surface area contributed by atoms with Gasteiger partial charge in [-0.05, 0) is 40.2 Å². The standard InChI is InChI=1S/C13H6BrFN4/c14-6-3-10-12(16-5-6)19-13-11(17-10)8-4-7(15)1-2-9(8)18-13/h1-5H,(H,16,18,19). The van der Waals surface area contributed by atoms with Crippen molar-refractivity contribution in [2.24, 2.45) is 0 Å². The summed E-state index contributed by atoms with van der Waals surface area (Å²) in [5.74, 6) is -0.289. The predicted molar refractivity (Wildman–Crippen MR) is 74.4 cm³/mol. The topological polar surface area (TPSA) is 54.5 Å². The quantitative estimate of drug-likeness (QED) is 0.539. The molecule has 0 fully saturated rings. The molecule has 1 aromatic carbocycles. The van der Waals surface area contributed by atoms with E-state index in [4.69, 9.17) is 0 Å². The summed E-state index contributed by atoms with van der Waals surface area (Å²) in [7, 11) is 0. The van der Waals surface area contributed by atoms with Crippen LogP contribution in [0.5, 0.6) is 0 Å². The number of benzene rings is 1. The predicted octanol–water partition coefficient (Wildman–Crippen LogP) is 3.56. The summed E-state index contributed by atoms with van der Waals surface area (Å²) in [6.07, 6.45) is 1.67. The Hall–Kier alpha value is -2.08. The molecule has 0 amide bonds. The van der Waals surface area contributed by atoms with Crippen LogP contribution >= 0.6 is 15.9 Å². The maximum atomic E-state index is 13.3. The monoisotopic (exact) mass is 316 g/mol. The Balaban J connectivity index is 2.21. The zero-order valence-electron chi connectivity index (χ0n) is 9.48. The number of hydrogen-bond acceptors (Lipinski definition) is 3. The molecule has 0 atom stereocenters. The van der Waals surface area contributed by atoms with Crippen molar-refractivity contribution in [1.82, 2.24) is 19.9 Å². The number of aromatic nitrogens is 4. The second kappa shape index (κ2) is 3.71. The van der Waals surface area contributed by atoms with Crippen LogP contribution in [-0.4, -0.2) is 19.9 Å². The van der Waals surface area contributed by atoms with Crippen molar-refractivity contribution >= 4 is 49.2 Å². The highest BCUT2D eigenvalue weighted by Gasteiger charge is 2.10. The van der Waals surface area contributed by atoms with E-state index in [1.54, 1.807) is 12.3 Å². The molecule has 3 aromatic heterocycles. The third-order valence-electron chi connectivity index (χ3n) is 2.98. The second-order valence-corrected chi connectivity index (χ2v) is 5.15.